The quantitative estimate of drug-likeness (QED) is 0.538. The van der Waals surface area contributed by atoms with Gasteiger partial charge >= 0.3 is 5.97 Å². The zero-order valence-corrected chi connectivity index (χ0v) is 10.6. The molecule has 0 bridgehead atoms. The van der Waals surface area contributed by atoms with E-state index in [9.17, 15) is 19.8 Å². The highest BCUT2D eigenvalue weighted by Crippen LogP contribution is 2.21. The topological polar surface area (TPSA) is 105 Å². The SMILES string of the molecule is CC(=O)NC1C(C)OC(COC(C)=O)[C@@H](O)[C@@H]1O. The summed E-state index contributed by atoms with van der Waals surface area (Å²) in [6.45, 7) is 4.09. The molecule has 7 heteroatoms. The molecule has 0 aliphatic carbocycles. The van der Waals surface area contributed by atoms with Gasteiger partial charge in [-0.15, -0.1) is 0 Å². The van der Waals surface area contributed by atoms with E-state index in [1.807, 2.05) is 0 Å². The van der Waals surface area contributed by atoms with Crippen molar-refractivity contribution >= 4 is 11.9 Å². The first kappa shape index (κ1) is 14.9. The number of hydrogen-bond donors (Lipinski definition) is 3. The molecule has 0 saturated carbocycles. The zero-order chi connectivity index (χ0) is 13.9. The minimum absolute atomic E-state index is 0.134. The Balaban J connectivity index is 2.64. The Bertz CT molecular complexity index is 319. The number of ether oxygens (including phenoxy) is 2. The maximum absolute atomic E-state index is 11.0. The van der Waals surface area contributed by atoms with Crippen LogP contribution < -0.4 is 5.32 Å². The van der Waals surface area contributed by atoms with Gasteiger partial charge in [-0.3, -0.25) is 9.59 Å². The molecule has 104 valence electrons. The molecule has 7 nitrogen and oxygen atoms in total. The lowest BCUT2D eigenvalue weighted by Gasteiger charge is -2.41. The van der Waals surface area contributed by atoms with Crippen LogP contribution in [0.15, 0.2) is 0 Å². The molecule has 1 aliphatic heterocycles. The summed E-state index contributed by atoms with van der Waals surface area (Å²) in [4.78, 5) is 21.7. The molecule has 1 aliphatic rings. The smallest absolute Gasteiger partial charge is 0.302 e. The van der Waals surface area contributed by atoms with E-state index < -0.39 is 36.4 Å². The number of hydrogen-bond acceptors (Lipinski definition) is 6. The van der Waals surface area contributed by atoms with Crippen molar-refractivity contribution in [1.82, 2.24) is 5.32 Å². The number of amides is 1. The van der Waals surface area contributed by atoms with Crippen LogP contribution in [0.3, 0.4) is 0 Å². The van der Waals surface area contributed by atoms with Gasteiger partial charge in [0.15, 0.2) is 0 Å². The Kier molecular flexibility index (Phi) is 5.06. The van der Waals surface area contributed by atoms with Crippen LogP contribution in [0.5, 0.6) is 0 Å². The Morgan fingerprint density at radius 1 is 1.28 bits per heavy atom. The Labute approximate surface area is 105 Å². The molecular weight excluding hydrogens is 242 g/mol. The van der Waals surface area contributed by atoms with Crippen LogP contribution in [0.4, 0.5) is 0 Å². The number of carbonyl (C=O) groups excluding carboxylic acids is 2. The predicted molar refractivity (Wildman–Crippen MR) is 60.6 cm³/mol. The number of esters is 1. The third-order valence-electron chi connectivity index (χ3n) is 2.81. The highest BCUT2D eigenvalue weighted by Gasteiger charge is 2.43. The second kappa shape index (κ2) is 6.12. The largest absolute Gasteiger partial charge is 0.463 e. The normalized spacial score (nSPS) is 35.9. The van der Waals surface area contributed by atoms with Gasteiger partial charge in [-0.05, 0) is 6.92 Å². The van der Waals surface area contributed by atoms with Gasteiger partial charge in [0.2, 0.25) is 5.91 Å². The molecule has 3 unspecified atom stereocenters. The van der Waals surface area contributed by atoms with Crippen molar-refractivity contribution in [2.75, 3.05) is 6.61 Å². The highest BCUT2D eigenvalue weighted by atomic mass is 16.6. The summed E-state index contributed by atoms with van der Waals surface area (Å²) >= 11 is 0. The second-order valence-corrected chi connectivity index (χ2v) is 4.39. The number of aliphatic hydroxyl groups excluding tert-OH is 2. The maximum atomic E-state index is 11.0. The van der Waals surface area contributed by atoms with Crippen LogP contribution in [0.1, 0.15) is 20.8 Å². The zero-order valence-electron chi connectivity index (χ0n) is 10.6. The van der Waals surface area contributed by atoms with Crippen molar-refractivity contribution in [3.63, 3.8) is 0 Å². The molecule has 1 amide bonds. The summed E-state index contributed by atoms with van der Waals surface area (Å²) in [7, 11) is 0. The van der Waals surface area contributed by atoms with E-state index in [0.717, 1.165) is 0 Å². The van der Waals surface area contributed by atoms with Gasteiger partial charge < -0.3 is 25.0 Å². The standard InChI is InChI=1S/C11H19NO6/c1-5-9(12-6(2)13)11(16)10(15)8(18-5)4-17-7(3)14/h5,8-11,15-16H,4H2,1-3H3,(H,12,13)/t5?,8?,9?,10-,11-/m1/s1. The number of carbonyl (C=O) groups is 2. The van der Waals surface area contributed by atoms with E-state index in [-0.39, 0.29) is 12.5 Å². The molecule has 0 aromatic rings. The van der Waals surface area contributed by atoms with Crippen molar-refractivity contribution in [1.29, 1.82) is 0 Å². The third-order valence-corrected chi connectivity index (χ3v) is 2.81. The van der Waals surface area contributed by atoms with E-state index in [2.05, 4.69) is 5.32 Å². The van der Waals surface area contributed by atoms with Gasteiger partial charge in [-0.2, -0.15) is 0 Å². The molecule has 5 atom stereocenters. The van der Waals surface area contributed by atoms with Gasteiger partial charge in [0.25, 0.3) is 0 Å². The van der Waals surface area contributed by atoms with Crippen LogP contribution in [-0.2, 0) is 19.1 Å². The second-order valence-electron chi connectivity index (χ2n) is 4.39. The van der Waals surface area contributed by atoms with Crippen LogP contribution in [0, 0.1) is 0 Å². The first-order valence-corrected chi connectivity index (χ1v) is 5.75. The van der Waals surface area contributed by atoms with Crippen LogP contribution in [0.2, 0.25) is 0 Å². The third kappa shape index (κ3) is 3.66. The predicted octanol–water partition coefficient (Wildman–Crippen LogP) is -1.44. The van der Waals surface area contributed by atoms with Crippen molar-refractivity contribution < 1.29 is 29.3 Å². The molecule has 0 spiro atoms. The highest BCUT2D eigenvalue weighted by molar-refractivity contribution is 5.73. The van der Waals surface area contributed by atoms with Crippen LogP contribution >= 0.6 is 0 Å². The number of nitrogens with one attached hydrogen (secondary N) is 1. The molecule has 0 aromatic heterocycles. The number of rotatable bonds is 3. The molecule has 3 N–H and O–H groups in total. The van der Waals surface area contributed by atoms with E-state index in [4.69, 9.17) is 9.47 Å². The molecule has 1 fully saturated rings. The minimum atomic E-state index is -1.22. The summed E-state index contributed by atoms with van der Waals surface area (Å²) < 4.78 is 10.2. The van der Waals surface area contributed by atoms with E-state index in [1.54, 1.807) is 6.92 Å². The van der Waals surface area contributed by atoms with Crippen LogP contribution in [-0.4, -0.2) is 59.2 Å². The lowest BCUT2D eigenvalue weighted by Crippen LogP contribution is -2.63. The van der Waals surface area contributed by atoms with E-state index in [1.165, 1.54) is 13.8 Å². The van der Waals surface area contributed by atoms with Gasteiger partial charge in [-0.1, -0.05) is 0 Å². The molecular formula is C11H19NO6. The van der Waals surface area contributed by atoms with Gasteiger partial charge in [-0.25, -0.2) is 0 Å². The molecule has 1 saturated heterocycles. The van der Waals surface area contributed by atoms with Gasteiger partial charge in [0.05, 0.1) is 12.1 Å². The first-order chi connectivity index (χ1) is 8.32. The Morgan fingerprint density at radius 3 is 2.39 bits per heavy atom. The van der Waals surface area contributed by atoms with Crippen molar-refractivity contribution in [2.45, 2.75) is 51.2 Å². The van der Waals surface area contributed by atoms with Crippen LogP contribution in [0.25, 0.3) is 0 Å². The molecule has 1 rings (SSSR count). The van der Waals surface area contributed by atoms with E-state index >= 15 is 0 Å². The Hall–Kier alpha value is -1.18. The lowest BCUT2D eigenvalue weighted by atomic mass is 9.93. The van der Waals surface area contributed by atoms with E-state index in [0.29, 0.717) is 0 Å². The molecule has 1 heterocycles. The minimum Gasteiger partial charge on any atom is -0.463 e. The Morgan fingerprint density at radius 2 is 1.89 bits per heavy atom. The molecule has 0 aromatic carbocycles. The average molecular weight is 261 g/mol. The molecule has 0 radical (unpaired) electrons. The summed E-state index contributed by atoms with van der Waals surface area (Å²) in [5.41, 5.74) is 0. The fourth-order valence-corrected chi connectivity index (χ4v) is 1.93. The van der Waals surface area contributed by atoms with Gasteiger partial charge in [0.1, 0.15) is 24.9 Å². The fourth-order valence-electron chi connectivity index (χ4n) is 1.93. The fraction of sp³-hybridized carbons (Fsp3) is 0.818. The monoisotopic (exact) mass is 261 g/mol. The lowest BCUT2D eigenvalue weighted by molar-refractivity contribution is -0.197. The average Bonchev–Trinajstić information content (AvgIpc) is 2.27. The van der Waals surface area contributed by atoms with Gasteiger partial charge in [0, 0.05) is 13.8 Å². The summed E-state index contributed by atoms with van der Waals surface area (Å²) in [5, 5.41) is 22.3. The molecule has 18 heavy (non-hydrogen) atoms. The summed E-state index contributed by atoms with van der Waals surface area (Å²) in [5.74, 6) is -0.808. The number of aliphatic hydroxyl groups is 2. The van der Waals surface area contributed by atoms with Crippen molar-refractivity contribution in [2.24, 2.45) is 0 Å². The van der Waals surface area contributed by atoms with Crippen molar-refractivity contribution in [3.8, 4) is 0 Å². The summed E-state index contributed by atoms with van der Waals surface area (Å²) in [6, 6.07) is -0.689. The first-order valence-electron chi connectivity index (χ1n) is 5.75. The van der Waals surface area contributed by atoms with Crippen molar-refractivity contribution in [3.05, 3.63) is 0 Å². The summed E-state index contributed by atoms with van der Waals surface area (Å²) in [6.07, 6.45) is -3.69. The maximum Gasteiger partial charge on any atom is 0.302 e.